The molecule has 0 aliphatic heterocycles. The van der Waals surface area contributed by atoms with Gasteiger partial charge in [0.25, 0.3) is 5.91 Å². The van der Waals surface area contributed by atoms with Crippen molar-refractivity contribution in [3.05, 3.63) is 63.6 Å². The molecule has 0 saturated heterocycles. The second-order valence-electron chi connectivity index (χ2n) is 6.27. The number of amides is 1. The van der Waals surface area contributed by atoms with E-state index in [0.717, 1.165) is 28.8 Å². The Kier molecular flexibility index (Phi) is 7.62. The molecular weight excluding hydrogens is 380 g/mol. The Morgan fingerprint density at radius 3 is 2.56 bits per heavy atom. The number of nitrogens with one attached hydrogen (secondary N) is 2. The average molecular weight is 406 g/mol. The van der Waals surface area contributed by atoms with E-state index in [1.54, 1.807) is 7.11 Å². The molecule has 2 aromatic carbocycles. The molecule has 1 unspecified atom stereocenters. The van der Waals surface area contributed by atoms with Gasteiger partial charge < -0.3 is 15.0 Å². The average Bonchev–Trinajstić information content (AvgIpc) is 2.59. The minimum Gasteiger partial charge on any atom is -0.379 e. The summed E-state index contributed by atoms with van der Waals surface area (Å²) in [4.78, 5) is 13.7. The van der Waals surface area contributed by atoms with Gasteiger partial charge in [-0.1, -0.05) is 40.2 Å². The van der Waals surface area contributed by atoms with Crippen LogP contribution < -0.4 is 10.2 Å². The number of aryl methyl sites for hydroxylation is 1. The summed E-state index contributed by atoms with van der Waals surface area (Å²) in [7, 11) is 1.69. The topological polar surface area (TPSA) is 42.8 Å². The Hall–Kier alpha value is -1.69. The van der Waals surface area contributed by atoms with E-state index < -0.39 is 0 Å². The lowest BCUT2D eigenvalue weighted by molar-refractivity contribution is -0.906. The standard InChI is InChI=1S/C20H25BrN2O2/c1-15-5-4-6-19(16(15)2)22-20(24)14-23(11-12-25-3)13-17-7-9-18(21)10-8-17/h4-10H,11-14H2,1-3H3,(H,22,24)/p+1. The predicted molar refractivity (Wildman–Crippen MR) is 105 cm³/mol. The highest BCUT2D eigenvalue weighted by atomic mass is 79.9. The third-order valence-electron chi connectivity index (χ3n) is 4.32. The number of carbonyl (C=O) groups excluding carboxylic acids is 1. The molecule has 0 fully saturated rings. The molecule has 2 N–H and O–H groups in total. The molecule has 0 aliphatic carbocycles. The molecule has 2 rings (SSSR count). The summed E-state index contributed by atoms with van der Waals surface area (Å²) in [5, 5.41) is 3.04. The minimum atomic E-state index is 0.0249. The lowest BCUT2D eigenvalue weighted by Gasteiger charge is -2.19. The zero-order chi connectivity index (χ0) is 18.2. The van der Waals surface area contributed by atoms with E-state index in [4.69, 9.17) is 4.74 Å². The number of quaternary nitrogens is 1. The maximum absolute atomic E-state index is 12.5. The lowest BCUT2D eigenvalue weighted by Crippen LogP contribution is -3.12. The van der Waals surface area contributed by atoms with Crippen molar-refractivity contribution in [2.75, 3.05) is 32.1 Å². The van der Waals surface area contributed by atoms with Crippen molar-refractivity contribution < 1.29 is 14.4 Å². The van der Waals surface area contributed by atoms with Crippen molar-refractivity contribution in [3.8, 4) is 0 Å². The van der Waals surface area contributed by atoms with Crippen molar-refractivity contribution in [2.24, 2.45) is 0 Å². The molecule has 0 aliphatic rings. The van der Waals surface area contributed by atoms with Crippen molar-refractivity contribution in [1.29, 1.82) is 0 Å². The number of hydrogen-bond acceptors (Lipinski definition) is 2. The minimum absolute atomic E-state index is 0.0249. The first-order valence-electron chi connectivity index (χ1n) is 8.42. The molecule has 0 aromatic heterocycles. The van der Waals surface area contributed by atoms with Gasteiger partial charge >= 0.3 is 0 Å². The van der Waals surface area contributed by atoms with Crippen molar-refractivity contribution in [3.63, 3.8) is 0 Å². The van der Waals surface area contributed by atoms with Crippen LogP contribution in [0.2, 0.25) is 0 Å². The van der Waals surface area contributed by atoms with E-state index in [0.29, 0.717) is 13.2 Å². The normalized spacial score (nSPS) is 12.0. The smallest absolute Gasteiger partial charge is 0.279 e. The monoisotopic (exact) mass is 405 g/mol. The molecule has 0 spiro atoms. The fraction of sp³-hybridized carbons (Fsp3) is 0.350. The second-order valence-corrected chi connectivity index (χ2v) is 7.18. The zero-order valence-corrected chi connectivity index (χ0v) is 16.7. The van der Waals surface area contributed by atoms with Gasteiger partial charge in [0.05, 0.1) is 6.61 Å². The van der Waals surface area contributed by atoms with Crippen LogP contribution in [-0.2, 0) is 16.1 Å². The molecule has 0 heterocycles. The molecule has 5 heteroatoms. The van der Waals surface area contributed by atoms with E-state index in [9.17, 15) is 4.79 Å². The summed E-state index contributed by atoms with van der Waals surface area (Å²) in [6.45, 7) is 6.69. The fourth-order valence-electron chi connectivity index (χ4n) is 2.68. The van der Waals surface area contributed by atoms with Crippen LogP contribution in [0.5, 0.6) is 0 Å². The van der Waals surface area contributed by atoms with Crippen LogP contribution in [0.3, 0.4) is 0 Å². The molecule has 0 bridgehead atoms. The number of methoxy groups -OCH3 is 1. The molecule has 0 radical (unpaired) electrons. The van der Waals surface area contributed by atoms with Crippen molar-refractivity contribution in [2.45, 2.75) is 20.4 Å². The highest BCUT2D eigenvalue weighted by molar-refractivity contribution is 9.10. The number of benzene rings is 2. The van der Waals surface area contributed by atoms with Gasteiger partial charge in [0.15, 0.2) is 6.54 Å². The number of hydrogen-bond donors (Lipinski definition) is 2. The molecular formula is C20H26BrN2O2+. The fourth-order valence-corrected chi connectivity index (χ4v) is 2.95. The summed E-state index contributed by atoms with van der Waals surface area (Å²) < 4.78 is 6.26. The Morgan fingerprint density at radius 2 is 1.88 bits per heavy atom. The first-order valence-corrected chi connectivity index (χ1v) is 9.22. The summed E-state index contributed by atoms with van der Waals surface area (Å²) in [6.07, 6.45) is 0. The molecule has 25 heavy (non-hydrogen) atoms. The van der Waals surface area contributed by atoms with E-state index in [2.05, 4.69) is 46.4 Å². The maximum Gasteiger partial charge on any atom is 0.279 e. The lowest BCUT2D eigenvalue weighted by atomic mass is 10.1. The van der Waals surface area contributed by atoms with Gasteiger partial charge in [-0.3, -0.25) is 4.79 Å². The van der Waals surface area contributed by atoms with Crippen LogP contribution in [-0.4, -0.2) is 32.7 Å². The maximum atomic E-state index is 12.5. The van der Waals surface area contributed by atoms with E-state index in [-0.39, 0.29) is 5.91 Å². The number of carbonyl (C=O) groups is 1. The highest BCUT2D eigenvalue weighted by Gasteiger charge is 2.16. The molecule has 134 valence electrons. The van der Waals surface area contributed by atoms with E-state index in [1.807, 2.05) is 31.2 Å². The molecule has 1 amide bonds. The molecule has 2 aromatic rings. The Morgan fingerprint density at radius 1 is 1.16 bits per heavy atom. The first-order chi connectivity index (χ1) is 12.0. The Bertz CT molecular complexity index is 701. The quantitative estimate of drug-likeness (QED) is 0.708. The second kappa shape index (κ2) is 9.70. The highest BCUT2D eigenvalue weighted by Crippen LogP contribution is 2.17. The largest absolute Gasteiger partial charge is 0.379 e. The van der Waals surface area contributed by atoms with Crippen LogP contribution in [0, 0.1) is 13.8 Å². The molecule has 1 atom stereocenters. The van der Waals surface area contributed by atoms with Gasteiger partial charge in [-0.25, -0.2) is 0 Å². The van der Waals surface area contributed by atoms with Crippen LogP contribution in [0.25, 0.3) is 0 Å². The van der Waals surface area contributed by atoms with Gasteiger partial charge in [-0.05, 0) is 43.2 Å². The summed E-state index contributed by atoms with van der Waals surface area (Å²) in [5.41, 5.74) is 4.38. The first kappa shape index (κ1) is 19.6. The Balaban J connectivity index is 2.01. The molecule has 4 nitrogen and oxygen atoms in total. The van der Waals surface area contributed by atoms with Crippen LogP contribution in [0.1, 0.15) is 16.7 Å². The zero-order valence-electron chi connectivity index (χ0n) is 15.1. The van der Waals surface area contributed by atoms with Crippen LogP contribution >= 0.6 is 15.9 Å². The predicted octanol–water partition coefficient (Wildman–Crippen LogP) is 2.74. The summed E-state index contributed by atoms with van der Waals surface area (Å²) in [6, 6.07) is 14.2. The third-order valence-corrected chi connectivity index (χ3v) is 4.85. The van der Waals surface area contributed by atoms with Crippen LogP contribution in [0.15, 0.2) is 46.9 Å². The van der Waals surface area contributed by atoms with Crippen molar-refractivity contribution >= 4 is 27.5 Å². The van der Waals surface area contributed by atoms with Gasteiger partial charge in [-0.2, -0.15) is 0 Å². The number of anilines is 1. The summed E-state index contributed by atoms with van der Waals surface area (Å²) >= 11 is 3.45. The van der Waals surface area contributed by atoms with Gasteiger partial charge in [0.2, 0.25) is 0 Å². The van der Waals surface area contributed by atoms with Crippen molar-refractivity contribution in [1.82, 2.24) is 0 Å². The van der Waals surface area contributed by atoms with E-state index >= 15 is 0 Å². The van der Waals surface area contributed by atoms with Gasteiger partial charge in [-0.15, -0.1) is 0 Å². The SMILES string of the molecule is COCC[NH+](CC(=O)Nc1cccc(C)c1C)Cc1ccc(Br)cc1. The van der Waals surface area contributed by atoms with Gasteiger partial charge in [0.1, 0.15) is 13.1 Å². The Labute approximate surface area is 158 Å². The van der Waals surface area contributed by atoms with Crippen LogP contribution in [0.4, 0.5) is 5.69 Å². The number of halogens is 1. The van der Waals surface area contributed by atoms with E-state index in [1.165, 1.54) is 16.0 Å². The third kappa shape index (κ3) is 6.27. The van der Waals surface area contributed by atoms with Gasteiger partial charge in [0, 0.05) is 22.8 Å². The number of ether oxygens (including phenoxy) is 1. The number of rotatable bonds is 8. The molecule has 0 saturated carbocycles. The summed E-state index contributed by atoms with van der Waals surface area (Å²) in [5.74, 6) is 0.0249.